The van der Waals surface area contributed by atoms with E-state index in [1.165, 1.54) is 21.7 Å². The lowest BCUT2D eigenvalue weighted by Gasteiger charge is -2.25. The van der Waals surface area contributed by atoms with Gasteiger partial charge in [-0.3, -0.25) is 4.57 Å². The molecular formula is C38H28N6. The Bertz CT molecular complexity index is 2230. The number of nitrogens with zero attached hydrogens (tertiary/aromatic N) is 4. The molecule has 4 heterocycles. The molecule has 6 heteroatoms. The molecule has 5 aromatic carbocycles. The maximum absolute atomic E-state index is 5.29. The molecule has 0 aliphatic carbocycles. The number of rotatable bonds is 4. The smallest absolute Gasteiger partial charge is 0.225 e. The van der Waals surface area contributed by atoms with Crippen LogP contribution in [0.3, 0.4) is 0 Å². The summed E-state index contributed by atoms with van der Waals surface area (Å²) in [4.78, 5) is 10.6. The molecule has 0 saturated carbocycles. The molecule has 0 fully saturated rings. The molecular weight excluding hydrogens is 540 g/mol. The minimum Gasteiger partial charge on any atom is -0.379 e. The number of aromatic nitrogens is 2. The summed E-state index contributed by atoms with van der Waals surface area (Å²) in [6.07, 6.45) is 3.86. The van der Waals surface area contributed by atoms with Gasteiger partial charge in [-0.2, -0.15) is 0 Å². The summed E-state index contributed by atoms with van der Waals surface area (Å²) in [6.45, 7) is 0.777. The van der Waals surface area contributed by atoms with Crippen LogP contribution >= 0.6 is 0 Å². The van der Waals surface area contributed by atoms with E-state index in [4.69, 9.17) is 9.98 Å². The Balaban J connectivity index is 1.39. The van der Waals surface area contributed by atoms with Gasteiger partial charge >= 0.3 is 0 Å². The van der Waals surface area contributed by atoms with Gasteiger partial charge in [0.15, 0.2) is 0 Å². The van der Waals surface area contributed by atoms with Crippen molar-refractivity contribution >= 4 is 56.1 Å². The lowest BCUT2D eigenvalue weighted by molar-refractivity contribution is 0.557. The summed E-state index contributed by atoms with van der Waals surface area (Å²) in [6, 6.07) is 44.4. The lowest BCUT2D eigenvalue weighted by Crippen LogP contribution is -2.37. The van der Waals surface area contributed by atoms with Crippen LogP contribution in [0, 0.1) is 0 Å². The highest BCUT2D eigenvalue weighted by Crippen LogP contribution is 2.44. The number of fused-ring (bicyclic) bond motifs is 7. The molecule has 2 aromatic heterocycles. The van der Waals surface area contributed by atoms with Crippen molar-refractivity contribution in [1.29, 1.82) is 0 Å². The highest BCUT2D eigenvalue weighted by atomic mass is 15.3. The van der Waals surface area contributed by atoms with Gasteiger partial charge in [0.05, 0.1) is 27.9 Å². The molecule has 0 bridgehead atoms. The van der Waals surface area contributed by atoms with Crippen LogP contribution in [-0.4, -0.2) is 27.4 Å². The van der Waals surface area contributed by atoms with E-state index >= 15 is 0 Å². The van der Waals surface area contributed by atoms with E-state index in [2.05, 4.69) is 123 Å². The highest BCUT2D eigenvalue weighted by molar-refractivity contribution is 6.23. The minimum atomic E-state index is -0.526. The molecule has 0 saturated heterocycles. The monoisotopic (exact) mass is 568 g/mol. The molecule has 0 amide bonds. The maximum atomic E-state index is 5.29. The molecule has 0 atom stereocenters. The molecule has 2 aliphatic heterocycles. The van der Waals surface area contributed by atoms with Crippen LogP contribution in [-0.2, 0) is 0 Å². The van der Waals surface area contributed by atoms with E-state index in [-0.39, 0.29) is 0 Å². The predicted molar refractivity (Wildman–Crippen MR) is 182 cm³/mol. The van der Waals surface area contributed by atoms with Crippen molar-refractivity contribution in [3.8, 4) is 5.69 Å². The average molecular weight is 569 g/mol. The fourth-order valence-corrected chi connectivity index (χ4v) is 6.69. The zero-order valence-corrected chi connectivity index (χ0v) is 23.9. The van der Waals surface area contributed by atoms with Crippen LogP contribution in [0.2, 0.25) is 0 Å². The van der Waals surface area contributed by atoms with E-state index in [1.807, 2.05) is 36.4 Å². The van der Waals surface area contributed by atoms with E-state index in [1.54, 1.807) is 0 Å². The van der Waals surface area contributed by atoms with Gasteiger partial charge in [0.2, 0.25) is 6.29 Å². The van der Waals surface area contributed by atoms with E-state index in [9.17, 15) is 0 Å². The fourth-order valence-electron chi connectivity index (χ4n) is 6.69. The van der Waals surface area contributed by atoms with Gasteiger partial charge in [0.1, 0.15) is 11.7 Å². The number of benzene rings is 5. The predicted octanol–water partition coefficient (Wildman–Crippen LogP) is 8.13. The second kappa shape index (κ2) is 9.85. The van der Waals surface area contributed by atoms with Crippen LogP contribution in [0.5, 0.6) is 0 Å². The van der Waals surface area contributed by atoms with Crippen molar-refractivity contribution in [2.45, 2.75) is 6.29 Å². The zero-order chi connectivity index (χ0) is 29.0. The third-order valence-corrected chi connectivity index (χ3v) is 8.58. The zero-order valence-electron chi connectivity index (χ0n) is 23.9. The van der Waals surface area contributed by atoms with Gasteiger partial charge in [0.25, 0.3) is 0 Å². The average Bonchev–Trinajstić information content (AvgIpc) is 3.62. The number of hydrogen-bond donors (Lipinski definition) is 2. The number of amidine groups is 2. The third kappa shape index (κ3) is 3.74. The summed E-state index contributed by atoms with van der Waals surface area (Å²) < 4.78 is 4.69. The van der Waals surface area contributed by atoms with Crippen molar-refractivity contribution in [2.75, 3.05) is 11.9 Å². The molecule has 2 aliphatic rings. The van der Waals surface area contributed by atoms with Crippen molar-refractivity contribution in [1.82, 2.24) is 14.5 Å². The van der Waals surface area contributed by atoms with Crippen LogP contribution < -0.4 is 10.6 Å². The first-order chi connectivity index (χ1) is 21.8. The third-order valence-electron chi connectivity index (χ3n) is 8.58. The summed E-state index contributed by atoms with van der Waals surface area (Å²) >= 11 is 0. The first kappa shape index (κ1) is 24.7. The summed E-state index contributed by atoms with van der Waals surface area (Å²) in [7, 11) is 0. The normalized spacial score (nSPS) is 14.7. The molecule has 9 rings (SSSR count). The van der Waals surface area contributed by atoms with Gasteiger partial charge in [-0.25, -0.2) is 9.98 Å². The molecule has 0 spiro atoms. The van der Waals surface area contributed by atoms with Crippen molar-refractivity contribution in [2.24, 2.45) is 9.98 Å². The Morgan fingerprint density at radius 2 is 1.25 bits per heavy atom. The molecule has 0 unspecified atom stereocenters. The van der Waals surface area contributed by atoms with E-state index < -0.39 is 6.29 Å². The maximum Gasteiger partial charge on any atom is 0.225 e. The summed E-state index contributed by atoms with van der Waals surface area (Å²) in [5, 5.41) is 10.8. The van der Waals surface area contributed by atoms with Crippen molar-refractivity contribution in [3.05, 3.63) is 150 Å². The second-order valence-electron chi connectivity index (χ2n) is 11.1. The van der Waals surface area contributed by atoms with Gasteiger partial charge in [-0.1, -0.05) is 103 Å². The number of para-hydroxylation sites is 2. The Labute approximate surface area is 254 Å². The molecule has 6 nitrogen and oxygen atoms in total. The summed E-state index contributed by atoms with van der Waals surface area (Å²) in [5.74, 6) is 1.60. The molecule has 210 valence electrons. The van der Waals surface area contributed by atoms with Crippen LogP contribution in [0.25, 0.3) is 44.5 Å². The number of hydrogen-bond acceptors (Lipinski definition) is 4. The Morgan fingerprint density at radius 1 is 0.614 bits per heavy atom. The van der Waals surface area contributed by atoms with Gasteiger partial charge < -0.3 is 15.2 Å². The van der Waals surface area contributed by atoms with Gasteiger partial charge in [-0.15, -0.1) is 0 Å². The second-order valence-corrected chi connectivity index (χ2v) is 11.1. The van der Waals surface area contributed by atoms with E-state index in [0.717, 1.165) is 57.4 Å². The van der Waals surface area contributed by atoms with Crippen molar-refractivity contribution < 1.29 is 0 Å². The Hall–Kier alpha value is -5.88. The standard InChI is InChI=1S/C38H28N6/c1-4-13-25(14-5-1)36-40-37(26-15-6-2-7-16-26)42-38(41-36)44-32-21-12-24-39-34(32)29-22-23-31-33(35(29)44)28-19-10-11-20-30(28)43(31)27-17-8-3-9-18-27/h1-23,38-39H,24H2,(H,40,41,42). The molecule has 7 aromatic rings. The van der Waals surface area contributed by atoms with E-state index in [0.29, 0.717) is 0 Å². The largest absolute Gasteiger partial charge is 0.379 e. The van der Waals surface area contributed by atoms with Gasteiger partial charge in [-0.05, 0) is 36.4 Å². The van der Waals surface area contributed by atoms with Gasteiger partial charge in [0, 0.05) is 39.5 Å². The first-order valence-electron chi connectivity index (χ1n) is 14.9. The van der Waals surface area contributed by atoms with Crippen LogP contribution in [0.15, 0.2) is 143 Å². The Morgan fingerprint density at radius 3 is 1.95 bits per heavy atom. The SMILES string of the molecule is C1=Cc2c(c3ccc4c(c5ccccc5n4-c4ccccc4)c3n2C2N=C(c3ccccc3)NC(c3ccccc3)=N2)NC1. The highest BCUT2D eigenvalue weighted by Gasteiger charge is 2.29. The topological polar surface area (TPSA) is 58.6 Å². The first-order valence-corrected chi connectivity index (χ1v) is 14.9. The molecule has 2 N–H and O–H groups in total. The minimum absolute atomic E-state index is 0.526. The number of anilines is 1. The van der Waals surface area contributed by atoms with Crippen LogP contribution in [0.4, 0.5) is 5.69 Å². The Kier molecular flexibility index (Phi) is 5.53. The number of aliphatic imine (C=N–C) groups is 2. The number of nitrogens with one attached hydrogen (secondary N) is 2. The summed E-state index contributed by atoms with van der Waals surface area (Å²) in [5.41, 5.74) is 8.81. The van der Waals surface area contributed by atoms with Crippen LogP contribution in [0.1, 0.15) is 23.1 Å². The fraction of sp³-hybridized carbons (Fsp3) is 0.0526. The lowest BCUT2D eigenvalue weighted by atomic mass is 10.1. The molecule has 0 radical (unpaired) electrons. The van der Waals surface area contributed by atoms with Crippen molar-refractivity contribution in [3.63, 3.8) is 0 Å². The molecule has 44 heavy (non-hydrogen) atoms. The quantitative estimate of drug-likeness (QED) is 0.225.